The van der Waals surface area contributed by atoms with Gasteiger partial charge >= 0.3 is 11.9 Å². The van der Waals surface area contributed by atoms with Gasteiger partial charge in [0.25, 0.3) is 10.1 Å². The summed E-state index contributed by atoms with van der Waals surface area (Å²) in [5.74, 6) is -2.10. The Morgan fingerprint density at radius 1 is 0.531 bits per heavy atom. The highest BCUT2D eigenvalue weighted by atomic mass is 32.2. The van der Waals surface area contributed by atoms with Gasteiger partial charge in [-0.3, -0.25) is 14.1 Å². The lowest BCUT2D eigenvalue weighted by Gasteiger charge is -2.40. The van der Waals surface area contributed by atoms with Crippen molar-refractivity contribution in [3.05, 3.63) is 109 Å². The molecule has 6 atom stereocenters. The molecule has 6 unspecified atom stereocenters. The maximum Gasteiger partial charge on any atom is 0.306 e. The van der Waals surface area contributed by atoms with Crippen LogP contribution in [-0.4, -0.2) is 96.0 Å². The van der Waals surface area contributed by atoms with Crippen molar-refractivity contribution in [1.82, 2.24) is 0 Å². The summed E-state index contributed by atoms with van der Waals surface area (Å²) in [6.45, 7) is 3.46. The second-order valence-corrected chi connectivity index (χ2v) is 17.1. The normalized spacial score (nSPS) is 20.6. The molecule has 0 bridgehead atoms. The molecule has 0 aromatic carbocycles. The van der Waals surface area contributed by atoms with Gasteiger partial charge in [-0.25, -0.2) is 0 Å². The van der Waals surface area contributed by atoms with Gasteiger partial charge in [0.05, 0.1) is 6.61 Å². The molecule has 13 heteroatoms. The van der Waals surface area contributed by atoms with Crippen LogP contribution in [0.3, 0.4) is 0 Å². The zero-order chi connectivity index (χ0) is 46.9. The fourth-order valence-electron chi connectivity index (χ4n) is 6.29. The third kappa shape index (κ3) is 33.8. The Hall–Kier alpha value is -3.69. The standard InChI is InChI=1S/C51H80O12S/c1-3-5-7-9-11-13-15-17-19-21-22-24-25-27-29-31-33-35-37-39-46(52)60-41-44(42-61-51-50(56)49(55)48(54)45(63-51)43-64(57,58)59)62-47(53)40-38-36-34-32-30-28-26-23-20-18-16-14-12-10-8-6-4-2/h5-8,11-14,17-20,22,24,26,28,32,34,44-45,48-51,54-56H,3-4,9-10,15-16,21,23,25,27,29-31,33,35-43H2,1-2H3,(H,57,58,59)/b7-5-,8-6-,13-11-,14-12-,19-17-,20-18-,24-22-,28-26-,34-32-. The van der Waals surface area contributed by atoms with Gasteiger partial charge in [0.1, 0.15) is 36.8 Å². The highest BCUT2D eigenvalue weighted by molar-refractivity contribution is 7.85. The van der Waals surface area contributed by atoms with Crippen LogP contribution >= 0.6 is 0 Å². The fraction of sp³-hybridized carbons (Fsp3) is 0.608. The number of esters is 2. The summed E-state index contributed by atoms with van der Waals surface area (Å²) in [5, 5.41) is 30.9. The van der Waals surface area contributed by atoms with E-state index in [2.05, 4.69) is 111 Å². The number of rotatable bonds is 37. The van der Waals surface area contributed by atoms with Crippen LogP contribution in [0.4, 0.5) is 0 Å². The first-order chi connectivity index (χ1) is 31.0. The molecule has 4 N–H and O–H groups in total. The van der Waals surface area contributed by atoms with E-state index in [1.807, 2.05) is 12.2 Å². The lowest BCUT2D eigenvalue weighted by atomic mass is 10.00. The minimum Gasteiger partial charge on any atom is -0.462 e. The Morgan fingerprint density at radius 2 is 0.953 bits per heavy atom. The van der Waals surface area contributed by atoms with Crippen molar-refractivity contribution in [2.45, 2.75) is 179 Å². The van der Waals surface area contributed by atoms with Crippen LogP contribution in [0.25, 0.3) is 0 Å². The number of allylic oxidation sites excluding steroid dienone is 18. The number of carbonyl (C=O) groups excluding carboxylic acids is 2. The van der Waals surface area contributed by atoms with E-state index in [4.69, 9.17) is 18.9 Å². The number of unbranched alkanes of at least 4 members (excludes halogenated alkanes) is 7. The molecule has 0 spiro atoms. The number of hydrogen-bond acceptors (Lipinski definition) is 11. The molecule has 1 aliphatic heterocycles. The van der Waals surface area contributed by atoms with Gasteiger partial charge in [0, 0.05) is 12.8 Å². The van der Waals surface area contributed by atoms with Gasteiger partial charge in [-0.15, -0.1) is 0 Å². The van der Waals surface area contributed by atoms with Crippen molar-refractivity contribution in [3.63, 3.8) is 0 Å². The van der Waals surface area contributed by atoms with E-state index in [1.54, 1.807) is 0 Å². The molecule has 0 aromatic rings. The van der Waals surface area contributed by atoms with Gasteiger partial charge < -0.3 is 34.3 Å². The average molecular weight is 917 g/mol. The molecule has 1 heterocycles. The third-order valence-corrected chi connectivity index (χ3v) is 10.6. The van der Waals surface area contributed by atoms with E-state index in [0.29, 0.717) is 19.3 Å². The molecule has 0 aromatic heterocycles. The number of carbonyl (C=O) groups is 2. The van der Waals surface area contributed by atoms with Gasteiger partial charge in [0.15, 0.2) is 12.4 Å². The fourth-order valence-corrected chi connectivity index (χ4v) is 6.98. The first-order valence-electron chi connectivity index (χ1n) is 23.4. The predicted octanol–water partition coefficient (Wildman–Crippen LogP) is 10.0. The first kappa shape index (κ1) is 58.3. The largest absolute Gasteiger partial charge is 0.462 e. The topological polar surface area (TPSA) is 186 Å². The molecule has 0 aliphatic carbocycles. The summed E-state index contributed by atoms with van der Waals surface area (Å²) in [7, 11) is -4.62. The van der Waals surface area contributed by atoms with Gasteiger partial charge in [-0.1, -0.05) is 149 Å². The maximum atomic E-state index is 12.8. The predicted molar refractivity (Wildman–Crippen MR) is 256 cm³/mol. The quantitative estimate of drug-likeness (QED) is 0.0200. The average Bonchev–Trinajstić information content (AvgIpc) is 3.26. The SMILES string of the molecule is CC/C=C\C/C=C\C/C=C\C/C=C\C/C=C\CCCC(=O)OC(COC(=O)CCCCCCCC/C=C\C/C=C\C/C=C\C/C=C\CC)COC1OC(CS(=O)(=O)O)C(O)C(O)C1O. The molecule has 0 saturated carbocycles. The van der Waals surface area contributed by atoms with Gasteiger partial charge in [-0.2, -0.15) is 8.42 Å². The maximum absolute atomic E-state index is 12.8. The van der Waals surface area contributed by atoms with Crippen LogP contribution in [0.5, 0.6) is 0 Å². The minimum atomic E-state index is -4.62. The van der Waals surface area contributed by atoms with Crippen molar-refractivity contribution in [2.75, 3.05) is 19.0 Å². The molecule has 1 fully saturated rings. The Labute approximate surface area is 385 Å². The second-order valence-electron chi connectivity index (χ2n) is 15.7. The second kappa shape index (κ2) is 39.7. The molecule has 1 aliphatic rings. The van der Waals surface area contributed by atoms with E-state index in [0.717, 1.165) is 96.3 Å². The van der Waals surface area contributed by atoms with E-state index in [1.165, 1.54) is 0 Å². The van der Waals surface area contributed by atoms with E-state index in [9.17, 15) is 37.9 Å². The van der Waals surface area contributed by atoms with Crippen LogP contribution in [0, 0.1) is 0 Å². The first-order valence-corrected chi connectivity index (χ1v) is 25.1. The van der Waals surface area contributed by atoms with Crippen LogP contribution in [0.15, 0.2) is 109 Å². The number of hydrogen-bond donors (Lipinski definition) is 4. The Bertz CT molecular complexity index is 1590. The Kier molecular flexibility index (Phi) is 36.1. The Morgan fingerprint density at radius 3 is 1.44 bits per heavy atom. The number of aliphatic hydroxyl groups is 3. The van der Waals surface area contributed by atoms with Crippen molar-refractivity contribution in [2.24, 2.45) is 0 Å². The molecule has 362 valence electrons. The van der Waals surface area contributed by atoms with Crippen LogP contribution in [0.1, 0.15) is 142 Å². The summed E-state index contributed by atoms with van der Waals surface area (Å²) < 4.78 is 54.1. The smallest absolute Gasteiger partial charge is 0.306 e. The minimum absolute atomic E-state index is 0.0755. The van der Waals surface area contributed by atoms with E-state index >= 15 is 0 Å². The molecule has 64 heavy (non-hydrogen) atoms. The molecule has 1 saturated heterocycles. The zero-order valence-corrected chi connectivity index (χ0v) is 39.4. The molecular weight excluding hydrogens is 837 g/mol. The van der Waals surface area contributed by atoms with E-state index < -0.39 is 71.2 Å². The molecule has 1 rings (SSSR count). The van der Waals surface area contributed by atoms with Crippen LogP contribution in [0.2, 0.25) is 0 Å². The van der Waals surface area contributed by atoms with Crippen molar-refractivity contribution < 1.29 is 56.8 Å². The van der Waals surface area contributed by atoms with Crippen molar-refractivity contribution in [1.29, 1.82) is 0 Å². The third-order valence-electron chi connectivity index (χ3n) is 9.85. The van der Waals surface area contributed by atoms with Crippen LogP contribution < -0.4 is 0 Å². The summed E-state index contributed by atoms with van der Waals surface area (Å²) in [5.41, 5.74) is 0. The summed E-state index contributed by atoms with van der Waals surface area (Å²) in [6, 6.07) is 0. The molecule has 0 amide bonds. The van der Waals surface area contributed by atoms with Gasteiger partial charge in [-0.05, 0) is 89.9 Å². The van der Waals surface area contributed by atoms with Crippen molar-refractivity contribution >= 4 is 22.1 Å². The van der Waals surface area contributed by atoms with E-state index in [-0.39, 0.29) is 19.4 Å². The zero-order valence-electron chi connectivity index (χ0n) is 38.6. The Balaban J connectivity index is 2.48. The summed E-state index contributed by atoms with van der Waals surface area (Å²) in [6.07, 6.45) is 45.6. The monoisotopic (exact) mass is 917 g/mol. The number of aliphatic hydroxyl groups excluding tert-OH is 3. The lowest BCUT2D eigenvalue weighted by molar-refractivity contribution is -0.297. The lowest BCUT2D eigenvalue weighted by Crippen LogP contribution is -2.60. The summed E-state index contributed by atoms with van der Waals surface area (Å²) in [4.78, 5) is 25.4. The van der Waals surface area contributed by atoms with Crippen LogP contribution in [-0.2, 0) is 38.7 Å². The highest BCUT2D eigenvalue weighted by Crippen LogP contribution is 2.24. The summed E-state index contributed by atoms with van der Waals surface area (Å²) >= 11 is 0. The number of ether oxygens (including phenoxy) is 4. The van der Waals surface area contributed by atoms with Gasteiger partial charge in [0.2, 0.25) is 0 Å². The molecule has 12 nitrogen and oxygen atoms in total. The molecule has 0 radical (unpaired) electrons. The highest BCUT2D eigenvalue weighted by Gasteiger charge is 2.46. The molecular formula is C51H80O12S. The van der Waals surface area contributed by atoms with Crippen molar-refractivity contribution in [3.8, 4) is 0 Å².